The molecule has 0 radical (unpaired) electrons. The third-order valence-corrected chi connectivity index (χ3v) is 1.97. The molecule has 0 aromatic carbocycles. The number of carboxylic acid groups (broad SMARTS) is 1. The van der Waals surface area contributed by atoms with E-state index in [-0.39, 0.29) is 12.0 Å². The summed E-state index contributed by atoms with van der Waals surface area (Å²) in [7, 11) is 0. The molecule has 17 heavy (non-hydrogen) atoms. The van der Waals surface area contributed by atoms with E-state index in [1.807, 2.05) is 0 Å². The second-order valence-corrected chi connectivity index (χ2v) is 3.28. The maximum atomic E-state index is 12.8. The van der Waals surface area contributed by atoms with Gasteiger partial charge < -0.3 is 10.4 Å². The number of carboxylic acids is 1. The summed E-state index contributed by atoms with van der Waals surface area (Å²) in [6.45, 7) is 3.39. The van der Waals surface area contributed by atoms with Gasteiger partial charge in [-0.2, -0.15) is 0 Å². The standard InChI is InChI=1S/C11H11FN2O3/c1-2-3-9(11(16)17)14-10(15)7-4-8(12)6-13-5-7/h2,4-6,9H,1,3H2,(H,14,15)(H,16,17). The first-order chi connectivity index (χ1) is 8.04. The average Bonchev–Trinajstić information content (AvgIpc) is 2.28. The summed E-state index contributed by atoms with van der Waals surface area (Å²) in [6, 6.07) is -0.0990. The van der Waals surface area contributed by atoms with E-state index in [2.05, 4.69) is 16.9 Å². The summed E-state index contributed by atoms with van der Waals surface area (Å²) in [6.07, 6.45) is 3.58. The van der Waals surface area contributed by atoms with Crippen molar-refractivity contribution in [2.45, 2.75) is 12.5 Å². The van der Waals surface area contributed by atoms with Crippen LogP contribution in [0.1, 0.15) is 16.8 Å². The molecule has 1 aromatic rings. The minimum absolute atomic E-state index is 0.0275. The molecule has 0 aliphatic heterocycles. The summed E-state index contributed by atoms with van der Waals surface area (Å²) in [5.41, 5.74) is -0.0275. The molecule has 6 heteroatoms. The molecule has 1 amide bonds. The lowest BCUT2D eigenvalue weighted by Gasteiger charge is -2.12. The Hall–Kier alpha value is -2.24. The Balaban J connectivity index is 2.77. The Morgan fingerprint density at radius 2 is 2.29 bits per heavy atom. The van der Waals surface area contributed by atoms with E-state index in [1.165, 1.54) is 6.08 Å². The fourth-order valence-electron chi connectivity index (χ4n) is 1.17. The van der Waals surface area contributed by atoms with Crippen LogP contribution in [-0.4, -0.2) is 28.0 Å². The van der Waals surface area contributed by atoms with E-state index in [9.17, 15) is 14.0 Å². The molecule has 1 unspecified atom stereocenters. The van der Waals surface area contributed by atoms with Crippen molar-refractivity contribution < 1.29 is 19.1 Å². The quantitative estimate of drug-likeness (QED) is 0.749. The molecule has 2 N–H and O–H groups in total. The zero-order valence-electron chi connectivity index (χ0n) is 8.89. The van der Waals surface area contributed by atoms with Crippen LogP contribution in [0.2, 0.25) is 0 Å². The molecule has 1 heterocycles. The van der Waals surface area contributed by atoms with E-state index in [0.717, 1.165) is 18.5 Å². The highest BCUT2D eigenvalue weighted by molar-refractivity contribution is 5.96. The monoisotopic (exact) mass is 238 g/mol. The Kier molecular flexibility index (Phi) is 4.33. The number of hydrogen-bond donors (Lipinski definition) is 2. The van der Waals surface area contributed by atoms with Gasteiger partial charge in [0, 0.05) is 6.20 Å². The Morgan fingerprint density at radius 3 is 2.82 bits per heavy atom. The molecular formula is C11H11FN2O3. The van der Waals surface area contributed by atoms with Gasteiger partial charge in [-0.05, 0) is 12.5 Å². The Labute approximate surface area is 97.0 Å². The summed E-state index contributed by atoms with van der Waals surface area (Å²) in [5, 5.41) is 11.0. The largest absolute Gasteiger partial charge is 0.480 e. The number of rotatable bonds is 5. The number of pyridine rings is 1. The zero-order chi connectivity index (χ0) is 12.8. The molecule has 0 spiro atoms. The molecule has 1 atom stereocenters. The van der Waals surface area contributed by atoms with Crippen LogP contribution in [0, 0.1) is 5.82 Å². The van der Waals surface area contributed by atoms with Crippen molar-refractivity contribution in [1.29, 1.82) is 0 Å². The fourth-order valence-corrected chi connectivity index (χ4v) is 1.17. The number of hydrogen-bond acceptors (Lipinski definition) is 3. The lowest BCUT2D eigenvalue weighted by atomic mass is 10.2. The number of halogens is 1. The van der Waals surface area contributed by atoms with E-state index in [1.54, 1.807) is 0 Å². The smallest absolute Gasteiger partial charge is 0.326 e. The van der Waals surface area contributed by atoms with Crippen molar-refractivity contribution in [3.63, 3.8) is 0 Å². The average molecular weight is 238 g/mol. The van der Waals surface area contributed by atoms with Crippen LogP contribution in [0.25, 0.3) is 0 Å². The Morgan fingerprint density at radius 1 is 1.59 bits per heavy atom. The third kappa shape index (κ3) is 3.67. The molecule has 0 aliphatic carbocycles. The van der Waals surface area contributed by atoms with Crippen molar-refractivity contribution in [2.75, 3.05) is 0 Å². The van der Waals surface area contributed by atoms with Gasteiger partial charge in [0.15, 0.2) is 0 Å². The predicted molar refractivity (Wildman–Crippen MR) is 57.9 cm³/mol. The van der Waals surface area contributed by atoms with Crippen LogP contribution in [0.4, 0.5) is 4.39 Å². The molecule has 0 fully saturated rings. The van der Waals surface area contributed by atoms with Crippen LogP contribution in [0.3, 0.4) is 0 Å². The Bertz CT molecular complexity index is 448. The van der Waals surface area contributed by atoms with E-state index < -0.39 is 23.7 Å². The minimum atomic E-state index is -1.18. The van der Waals surface area contributed by atoms with Crippen molar-refractivity contribution >= 4 is 11.9 Å². The van der Waals surface area contributed by atoms with Gasteiger partial charge >= 0.3 is 5.97 Å². The zero-order valence-corrected chi connectivity index (χ0v) is 8.89. The SMILES string of the molecule is C=CCC(NC(=O)c1cncc(F)c1)C(=O)O. The van der Waals surface area contributed by atoms with Gasteiger partial charge in [-0.25, -0.2) is 9.18 Å². The van der Waals surface area contributed by atoms with Crippen LogP contribution < -0.4 is 5.32 Å². The maximum absolute atomic E-state index is 12.8. The molecule has 1 aromatic heterocycles. The topological polar surface area (TPSA) is 79.3 Å². The maximum Gasteiger partial charge on any atom is 0.326 e. The van der Waals surface area contributed by atoms with Crippen LogP contribution in [-0.2, 0) is 4.79 Å². The van der Waals surface area contributed by atoms with Gasteiger partial charge in [0.05, 0.1) is 11.8 Å². The lowest BCUT2D eigenvalue weighted by Crippen LogP contribution is -2.40. The first kappa shape index (κ1) is 12.8. The normalized spacial score (nSPS) is 11.6. The first-order valence-corrected chi connectivity index (χ1v) is 4.79. The molecular weight excluding hydrogens is 227 g/mol. The number of aromatic nitrogens is 1. The molecule has 5 nitrogen and oxygen atoms in total. The number of nitrogens with zero attached hydrogens (tertiary/aromatic N) is 1. The molecule has 0 saturated heterocycles. The number of amides is 1. The number of carbonyl (C=O) groups is 2. The summed E-state index contributed by atoms with van der Waals surface area (Å²) < 4.78 is 12.8. The minimum Gasteiger partial charge on any atom is -0.480 e. The van der Waals surface area contributed by atoms with E-state index >= 15 is 0 Å². The van der Waals surface area contributed by atoms with Gasteiger partial charge in [0.1, 0.15) is 11.9 Å². The molecule has 1 rings (SSSR count). The number of carbonyl (C=O) groups excluding carboxylic acids is 1. The molecule has 0 aliphatic rings. The van der Waals surface area contributed by atoms with Gasteiger partial charge in [-0.1, -0.05) is 6.08 Å². The number of aliphatic carboxylic acids is 1. The lowest BCUT2D eigenvalue weighted by molar-refractivity contribution is -0.139. The molecule has 90 valence electrons. The van der Waals surface area contributed by atoms with Crippen LogP contribution in [0.5, 0.6) is 0 Å². The molecule has 0 bridgehead atoms. The van der Waals surface area contributed by atoms with Gasteiger partial charge in [-0.15, -0.1) is 6.58 Å². The second kappa shape index (κ2) is 5.74. The highest BCUT2D eigenvalue weighted by Crippen LogP contribution is 2.02. The highest BCUT2D eigenvalue weighted by atomic mass is 19.1. The fraction of sp³-hybridized carbons (Fsp3) is 0.182. The van der Waals surface area contributed by atoms with Crippen LogP contribution in [0.15, 0.2) is 31.1 Å². The van der Waals surface area contributed by atoms with Gasteiger partial charge in [0.2, 0.25) is 0 Å². The van der Waals surface area contributed by atoms with E-state index in [0.29, 0.717) is 0 Å². The predicted octanol–water partition coefficient (Wildman–Crippen LogP) is 0.980. The highest BCUT2D eigenvalue weighted by Gasteiger charge is 2.19. The van der Waals surface area contributed by atoms with Crippen LogP contribution >= 0.6 is 0 Å². The molecule has 0 saturated carbocycles. The third-order valence-electron chi connectivity index (χ3n) is 1.97. The number of nitrogens with one attached hydrogen (secondary N) is 1. The van der Waals surface area contributed by atoms with Crippen molar-refractivity contribution in [2.24, 2.45) is 0 Å². The van der Waals surface area contributed by atoms with Crippen molar-refractivity contribution in [3.05, 3.63) is 42.5 Å². The van der Waals surface area contributed by atoms with Crippen molar-refractivity contribution in [1.82, 2.24) is 10.3 Å². The summed E-state index contributed by atoms with van der Waals surface area (Å²) >= 11 is 0. The van der Waals surface area contributed by atoms with Gasteiger partial charge in [-0.3, -0.25) is 9.78 Å². The van der Waals surface area contributed by atoms with Gasteiger partial charge in [0.25, 0.3) is 5.91 Å². The summed E-state index contributed by atoms with van der Waals surface area (Å²) in [5.74, 6) is -2.53. The van der Waals surface area contributed by atoms with Crippen molar-refractivity contribution in [3.8, 4) is 0 Å². The van der Waals surface area contributed by atoms with E-state index in [4.69, 9.17) is 5.11 Å². The summed E-state index contributed by atoms with van der Waals surface area (Å²) in [4.78, 5) is 25.8. The second-order valence-electron chi connectivity index (χ2n) is 3.28. The first-order valence-electron chi connectivity index (χ1n) is 4.79.